The molecule has 0 aliphatic carbocycles. The van der Waals surface area contributed by atoms with Crippen molar-refractivity contribution in [3.8, 4) is 28.4 Å². The summed E-state index contributed by atoms with van der Waals surface area (Å²) in [6, 6.07) is 31.7. The van der Waals surface area contributed by atoms with Crippen molar-refractivity contribution >= 4 is 17.8 Å². The van der Waals surface area contributed by atoms with E-state index in [1.807, 2.05) is 78.9 Å². The van der Waals surface area contributed by atoms with Crippen molar-refractivity contribution in [1.82, 2.24) is 0 Å². The molecule has 0 saturated heterocycles. The zero-order valence-corrected chi connectivity index (χ0v) is 22.5. The van der Waals surface area contributed by atoms with Crippen LogP contribution in [0.1, 0.15) is 36.2 Å². The molecule has 0 unspecified atom stereocenters. The van der Waals surface area contributed by atoms with Gasteiger partial charge in [0.1, 0.15) is 17.2 Å². The molecule has 0 spiro atoms. The fourth-order valence-corrected chi connectivity index (χ4v) is 3.82. The lowest BCUT2D eigenvalue weighted by molar-refractivity contribution is 0.100. The predicted octanol–water partition coefficient (Wildman–Crippen LogP) is 7.19. The van der Waals surface area contributed by atoms with Crippen molar-refractivity contribution in [3.05, 3.63) is 127 Å². The van der Waals surface area contributed by atoms with Crippen LogP contribution >= 0.6 is 0 Å². The van der Waals surface area contributed by atoms with Gasteiger partial charge in [0.05, 0.1) is 0 Å². The van der Waals surface area contributed by atoms with Crippen molar-refractivity contribution in [3.63, 3.8) is 0 Å². The van der Waals surface area contributed by atoms with E-state index in [0.717, 1.165) is 24.0 Å². The highest BCUT2D eigenvalue weighted by atomic mass is 16.5. The van der Waals surface area contributed by atoms with Gasteiger partial charge >= 0.3 is 6.02 Å². The summed E-state index contributed by atoms with van der Waals surface area (Å²) < 4.78 is 17.6. The van der Waals surface area contributed by atoms with E-state index in [1.54, 1.807) is 31.2 Å². The number of amides is 1. The van der Waals surface area contributed by atoms with Gasteiger partial charge in [-0.15, -0.1) is 0 Å². The molecule has 1 amide bonds. The van der Waals surface area contributed by atoms with Gasteiger partial charge < -0.3 is 19.9 Å². The number of primary amides is 1. The molecule has 202 valence electrons. The van der Waals surface area contributed by atoms with Gasteiger partial charge in [-0.3, -0.25) is 4.79 Å². The monoisotopic (exact) mass is 533 g/mol. The molecule has 0 aliphatic rings. The SMILES string of the molecule is C=C(N=C(N=C(C)Oc1ccc(CCC)cc1)Oc1ccc(C(N)=O)cc1)Oc1ccc(-c2ccccc2)cc1. The summed E-state index contributed by atoms with van der Waals surface area (Å²) in [6.07, 6.45) is 2.07. The van der Waals surface area contributed by atoms with Crippen LogP contribution in [0.15, 0.2) is 126 Å². The molecule has 7 nitrogen and oxygen atoms in total. The van der Waals surface area contributed by atoms with Crippen LogP contribution in [0.5, 0.6) is 17.2 Å². The van der Waals surface area contributed by atoms with E-state index in [9.17, 15) is 4.79 Å². The van der Waals surface area contributed by atoms with Crippen molar-refractivity contribution in [1.29, 1.82) is 0 Å². The molecule has 40 heavy (non-hydrogen) atoms. The maximum absolute atomic E-state index is 11.4. The zero-order valence-electron chi connectivity index (χ0n) is 22.5. The minimum atomic E-state index is -0.535. The van der Waals surface area contributed by atoms with E-state index < -0.39 is 5.91 Å². The summed E-state index contributed by atoms with van der Waals surface area (Å²) in [6.45, 7) is 7.74. The molecular formula is C33H31N3O4. The third-order valence-corrected chi connectivity index (χ3v) is 5.75. The van der Waals surface area contributed by atoms with Gasteiger partial charge in [-0.1, -0.05) is 67.9 Å². The normalized spacial score (nSPS) is 11.6. The fourth-order valence-electron chi connectivity index (χ4n) is 3.82. The van der Waals surface area contributed by atoms with Crippen LogP contribution in [0.3, 0.4) is 0 Å². The molecule has 0 aliphatic heterocycles. The van der Waals surface area contributed by atoms with Crippen LogP contribution in [0.2, 0.25) is 0 Å². The summed E-state index contributed by atoms with van der Waals surface area (Å²) in [5, 5.41) is 0. The molecule has 0 aromatic heterocycles. The molecule has 0 heterocycles. The largest absolute Gasteiger partial charge is 0.443 e. The van der Waals surface area contributed by atoms with E-state index in [-0.39, 0.29) is 11.9 Å². The van der Waals surface area contributed by atoms with Crippen molar-refractivity contribution in [2.45, 2.75) is 26.7 Å². The van der Waals surface area contributed by atoms with Gasteiger partial charge in [-0.05, 0) is 78.2 Å². The summed E-state index contributed by atoms with van der Waals surface area (Å²) >= 11 is 0. The Morgan fingerprint density at radius 1 is 0.725 bits per heavy atom. The number of aliphatic imine (C=N–C) groups is 2. The maximum Gasteiger partial charge on any atom is 0.328 e. The molecule has 0 fully saturated rings. The second kappa shape index (κ2) is 13.6. The number of rotatable bonds is 9. The van der Waals surface area contributed by atoms with E-state index in [0.29, 0.717) is 28.7 Å². The Bertz CT molecular complexity index is 1490. The number of ether oxygens (including phenoxy) is 3. The predicted molar refractivity (Wildman–Crippen MR) is 159 cm³/mol. The second-order valence-electron chi connectivity index (χ2n) is 8.90. The smallest absolute Gasteiger partial charge is 0.328 e. The summed E-state index contributed by atoms with van der Waals surface area (Å²) in [5.74, 6) is 1.42. The van der Waals surface area contributed by atoms with E-state index in [2.05, 4.69) is 23.5 Å². The molecular weight excluding hydrogens is 502 g/mol. The minimum absolute atomic E-state index is 0.0576. The van der Waals surface area contributed by atoms with Crippen molar-refractivity contribution in [2.24, 2.45) is 15.7 Å². The van der Waals surface area contributed by atoms with E-state index >= 15 is 0 Å². The first-order valence-corrected chi connectivity index (χ1v) is 12.9. The van der Waals surface area contributed by atoms with Gasteiger partial charge in [0.15, 0.2) is 5.90 Å². The number of hydrogen-bond acceptors (Lipinski definition) is 5. The molecule has 0 radical (unpaired) electrons. The summed E-state index contributed by atoms with van der Waals surface area (Å²) in [5.41, 5.74) is 9.10. The van der Waals surface area contributed by atoms with Crippen LogP contribution in [0.4, 0.5) is 0 Å². The van der Waals surface area contributed by atoms with Gasteiger partial charge in [0, 0.05) is 12.5 Å². The third-order valence-electron chi connectivity index (χ3n) is 5.75. The molecule has 0 bridgehead atoms. The highest BCUT2D eigenvalue weighted by Gasteiger charge is 2.09. The van der Waals surface area contributed by atoms with Crippen LogP contribution in [-0.2, 0) is 6.42 Å². The van der Waals surface area contributed by atoms with Gasteiger partial charge in [-0.2, -0.15) is 9.98 Å². The Labute approximate surface area is 234 Å². The van der Waals surface area contributed by atoms with Crippen LogP contribution in [0, 0.1) is 0 Å². The van der Waals surface area contributed by atoms with Crippen molar-refractivity contribution < 1.29 is 19.0 Å². The lowest BCUT2D eigenvalue weighted by Crippen LogP contribution is -2.14. The van der Waals surface area contributed by atoms with Gasteiger partial charge in [0.2, 0.25) is 11.8 Å². The molecule has 7 heteroatoms. The summed E-state index contributed by atoms with van der Waals surface area (Å²) in [4.78, 5) is 20.2. The van der Waals surface area contributed by atoms with Crippen LogP contribution in [0.25, 0.3) is 11.1 Å². The molecule has 0 atom stereocenters. The molecule has 4 aromatic rings. The van der Waals surface area contributed by atoms with E-state index in [4.69, 9.17) is 19.9 Å². The summed E-state index contributed by atoms with van der Waals surface area (Å²) in [7, 11) is 0. The number of amidine groups is 1. The number of nitrogens with zero attached hydrogens (tertiary/aromatic N) is 2. The number of nitrogens with two attached hydrogens (primary N) is 1. The van der Waals surface area contributed by atoms with Gasteiger partial charge in [0.25, 0.3) is 0 Å². The van der Waals surface area contributed by atoms with Crippen LogP contribution < -0.4 is 19.9 Å². The third kappa shape index (κ3) is 8.16. The highest BCUT2D eigenvalue weighted by molar-refractivity contribution is 5.93. The first-order valence-electron chi connectivity index (χ1n) is 12.9. The molecule has 4 rings (SSSR count). The molecule has 2 N–H and O–H groups in total. The van der Waals surface area contributed by atoms with E-state index in [1.165, 1.54) is 5.56 Å². The fraction of sp³-hybridized carbons (Fsp3) is 0.121. The number of hydrogen-bond donors (Lipinski definition) is 1. The average Bonchev–Trinajstić information content (AvgIpc) is 2.95. The molecule has 4 aromatic carbocycles. The van der Waals surface area contributed by atoms with Gasteiger partial charge in [-0.25, -0.2) is 0 Å². The topological polar surface area (TPSA) is 95.5 Å². The lowest BCUT2D eigenvalue weighted by Gasteiger charge is -2.10. The first kappa shape index (κ1) is 27.9. The number of benzene rings is 4. The first-order chi connectivity index (χ1) is 19.4. The van der Waals surface area contributed by atoms with Crippen LogP contribution in [-0.4, -0.2) is 17.8 Å². The Kier molecular flexibility index (Phi) is 9.45. The number of aryl methyl sites for hydroxylation is 1. The maximum atomic E-state index is 11.4. The number of carbonyl (C=O) groups is 1. The Morgan fingerprint density at radius 2 is 1.27 bits per heavy atom. The van der Waals surface area contributed by atoms with Crippen molar-refractivity contribution in [2.75, 3.05) is 0 Å². The average molecular weight is 534 g/mol. The highest BCUT2D eigenvalue weighted by Crippen LogP contribution is 2.23. The minimum Gasteiger partial charge on any atom is -0.443 e. The number of carbonyl (C=O) groups excluding carboxylic acids is 1. The molecule has 0 saturated carbocycles. The lowest BCUT2D eigenvalue weighted by atomic mass is 10.1. The quantitative estimate of drug-likeness (QED) is 0.140. The second-order valence-corrected chi connectivity index (χ2v) is 8.90. The standard InChI is InChI=1S/C33H31N3O4/c1-4-8-25-11-17-29(18-12-25)38-23(2)35-33(40-31-21-15-28(16-22-31)32(34)37)36-24(3)39-30-19-13-27(14-20-30)26-9-6-5-7-10-26/h5-7,9-22H,3-4,8H2,1-2H3,(H2,34,37). The zero-order chi connectivity index (χ0) is 28.3. The Morgan fingerprint density at radius 3 is 1.90 bits per heavy atom. The Hall–Kier alpha value is -5.17. The Balaban J connectivity index is 1.52.